The molecule has 0 aromatic carbocycles. The molecule has 0 bridgehead atoms. The summed E-state index contributed by atoms with van der Waals surface area (Å²) >= 11 is 0. The predicted octanol–water partition coefficient (Wildman–Crippen LogP) is 2.11. The van der Waals surface area contributed by atoms with Gasteiger partial charge >= 0.3 is 0 Å². The van der Waals surface area contributed by atoms with Gasteiger partial charge in [0.25, 0.3) is 0 Å². The minimum atomic E-state index is 0.546. The summed E-state index contributed by atoms with van der Waals surface area (Å²) in [6, 6.07) is 4.45. The Bertz CT molecular complexity index is 562. The smallest absolute Gasteiger partial charge is 0.221 e. The first-order valence-electron chi connectivity index (χ1n) is 6.52. The van der Waals surface area contributed by atoms with Gasteiger partial charge in [0.2, 0.25) is 5.95 Å². The van der Waals surface area contributed by atoms with Gasteiger partial charge in [0.05, 0.1) is 6.04 Å². The molecule has 1 fully saturated rings. The standard InChI is InChI=1S/C13H15N5/c1-2-10-8-15-13-16-12(9-4-6-14-7-5-9)17-18(13)11(10)3-1/h4-7,10-11H,1-3,8H2,(H,15,16,17). The van der Waals surface area contributed by atoms with Crippen LogP contribution in [0.25, 0.3) is 11.4 Å². The fraction of sp³-hybridized carbons (Fsp3) is 0.462. The zero-order valence-corrected chi connectivity index (χ0v) is 10.1. The van der Waals surface area contributed by atoms with E-state index in [-0.39, 0.29) is 0 Å². The van der Waals surface area contributed by atoms with E-state index in [4.69, 9.17) is 0 Å². The molecule has 4 rings (SSSR count). The maximum Gasteiger partial charge on any atom is 0.221 e. The monoisotopic (exact) mass is 241 g/mol. The minimum absolute atomic E-state index is 0.546. The molecule has 0 spiro atoms. The first-order chi connectivity index (χ1) is 8.92. The Kier molecular flexibility index (Phi) is 2.12. The summed E-state index contributed by atoms with van der Waals surface area (Å²) in [7, 11) is 0. The van der Waals surface area contributed by atoms with Gasteiger partial charge < -0.3 is 5.32 Å². The van der Waals surface area contributed by atoms with E-state index in [1.807, 2.05) is 12.1 Å². The Morgan fingerprint density at radius 3 is 3.00 bits per heavy atom. The van der Waals surface area contributed by atoms with E-state index in [0.29, 0.717) is 6.04 Å². The fourth-order valence-corrected chi connectivity index (χ4v) is 3.10. The van der Waals surface area contributed by atoms with Gasteiger partial charge in [0.15, 0.2) is 5.82 Å². The highest BCUT2D eigenvalue weighted by Crippen LogP contribution is 2.40. The largest absolute Gasteiger partial charge is 0.354 e. The third-order valence-electron chi connectivity index (χ3n) is 4.03. The number of nitrogens with one attached hydrogen (secondary N) is 1. The molecule has 2 aromatic heterocycles. The summed E-state index contributed by atoms with van der Waals surface area (Å²) in [5, 5.41) is 8.08. The van der Waals surface area contributed by atoms with E-state index in [9.17, 15) is 0 Å². The Labute approximate surface area is 105 Å². The molecule has 2 aromatic rings. The quantitative estimate of drug-likeness (QED) is 0.830. The van der Waals surface area contributed by atoms with Crippen LogP contribution in [0.3, 0.4) is 0 Å². The Hall–Kier alpha value is -1.91. The Balaban J connectivity index is 1.77. The molecule has 2 aliphatic rings. The lowest BCUT2D eigenvalue weighted by atomic mass is 10.0. The highest BCUT2D eigenvalue weighted by molar-refractivity contribution is 5.55. The van der Waals surface area contributed by atoms with E-state index in [2.05, 4.69) is 25.1 Å². The molecule has 5 nitrogen and oxygen atoms in total. The van der Waals surface area contributed by atoms with Crippen molar-refractivity contribution < 1.29 is 0 Å². The van der Waals surface area contributed by atoms with E-state index >= 15 is 0 Å². The summed E-state index contributed by atoms with van der Waals surface area (Å²) in [4.78, 5) is 8.62. The van der Waals surface area contributed by atoms with Gasteiger partial charge in [0.1, 0.15) is 0 Å². The lowest BCUT2D eigenvalue weighted by Gasteiger charge is -2.26. The van der Waals surface area contributed by atoms with Gasteiger partial charge in [-0.3, -0.25) is 4.98 Å². The van der Waals surface area contributed by atoms with Gasteiger partial charge in [-0.25, -0.2) is 4.68 Å². The van der Waals surface area contributed by atoms with Crippen LogP contribution in [-0.4, -0.2) is 26.3 Å². The van der Waals surface area contributed by atoms with Crippen LogP contribution in [0.4, 0.5) is 5.95 Å². The lowest BCUT2D eigenvalue weighted by molar-refractivity contribution is 0.346. The van der Waals surface area contributed by atoms with Crippen LogP contribution in [0.5, 0.6) is 0 Å². The van der Waals surface area contributed by atoms with Crippen LogP contribution in [0.15, 0.2) is 24.5 Å². The van der Waals surface area contributed by atoms with Crippen molar-refractivity contribution in [2.75, 3.05) is 11.9 Å². The van der Waals surface area contributed by atoms with Crippen LogP contribution in [0.1, 0.15) is 25.3 Å². The van der Waals surface area contributed by atoms with Gasteiger partial charge in [-0.05, 0) is 30.9 Å². The molecule has 1 aliphatic carbocycles. The van der Waals surface area contributed by atoms with Crippen molar-refractivity contribution in [1.29, 1.82) is 0 Å². The molecule has 92 valence electrons. The highest BCUT2D eigenvalue weighted by atomic mass is 15.4. The molecule has 2 atom stereocenters. The predicted molar refractivity (Wildman–Crippen MR) is 68.1 cm³/mol. The first-order valence-corrected chi connectivity index (χ1v) is 6.52. The number of rotatable bonds is 1. The highest BCUT2D eigenvalue weighted by Gasteiger charge is 2.35. The van der Waals surface area contributed by atoms with Crippen LogP contribution in [0.2, 0.25) is 0 Å². The van der Waals surface area contributed by atoms with E-state index in [0.717, 1.165) is 29.8 Å². The third-order valence-corrected chi connectivity index (χ3v) is 4.03. The number of pyridine rings is 1. The SMILES string of the molecule is c1cc(-c2nc3n(n2)C2CCCC2CN3)ccn1. The van der Waals surface area contributed by atoms with Crippen molar-refractivity contribution in [2.45, 2.75) is 25.3 Å². The van der Waals surface area contributed by atoms with Crippen molar-refractivity contribution in [2.24, 2.45) is 5.92 Å². The zero-order chi connectivity index (χ0) is 11.9. The molecule has 1 aliphatic heterocycles. The Morgan fingerprint density at radius 2 is 2.11 bits per heavy atom. The van der Waals surface area contributed by atoms with Gasteiger partial charge in [-0.15, -0.1) is 5.10 Å². The lowest BCUT2D eigenvalue weighted by Crippen LogP contribution is -2.29. The number of hydrogen-bond donors (Lipinski definition) is 1. The number of fused-ring (bicyclic) bond motifs is 3. The molecule has 1 N–H and O–H groups in total. The minimum Gasteiger partial charge on any atom is -0.354 e. The van der Waals surface area contributed by atoms with Crippen molar-refractivity contribution in [3.05, 3.63) is 24.5 Å². The van der Waals surface area contributed by atoms with Gasteiger partial charge in [0, 0.05) is 24.5 Å². The molecule has 1 saturated carbocycles. The summed E-state index contributed by atoms with van der Waals surface area (Å²) in [5.74, 6) is 2.45. The second-order valence-electron chi connectivity index (χ2n) is 5.08. The van der Waals surface area contributed by atoms with Crippen molar-refractivity contribution in [1.82, 2.24) is 19.7 Å². The van der Waals surface area contributed by atoms with Crippen LogP contribution in [-0.2, 0) is 0 Å². The van der Waals surface area contributed by atoms with E-state index in [1.165, 1.54) is 19.3 Å². The fourth-order valence-electron chi connectivity index (χ4n) is 3.10. The second kappa shape index (κ2) is 3.80. The third kappa shape index (κ3) is 1.43. The maximum absolute atomic E-state index is 4.68. The van der Waals surface area contributed by atoms with Crippen LogP contribution in [0, 0.1) is 5.92 Å². The zero-order valence-electron chi connectivity index (χ0n) is 10.1. The summed E-state index contributed by atoms with van der Waals surface area (Å²) < 4.78 is 2.09. The second-order valence-corrected chi connectivity index (χ2v) is 5.08. The van der Waals surface area contributed by atoms with Crippen LogP contribution < -0.4 is 5.32 Å². The molecular formula is C13H15N5. The average Bonchev–Trinajstić information content (AvgIpc) is 3.05. The molecule has 2 unspecified atom stereocenters. The summed E-state index contributed by atoms with van der Waals surface area (Å²) in [6.07, 6.45) is 7.41. The topological polar surface area (TPSA) is 55.6 Å². The van der Waals surface area contributed by atoms with Crippen molar-refractivity contribution in [3.8, 4) is 11.4 Å². The summed E-state index contributed by atoms with van der Waals surface area (Å²) in [6.45, 7) is 1.04. The maximum atomic E-state index is 4.68. The molecular weight excluding hydrogens is 226 g/mol. The van der Waals surface area contributed by atoms with Crippen molar-refractivity contribution >= 4 is 5.95 Å². The van der Waals surface area contributed by atoms with Gasteiger partial charge in [-0.2, -0.15) is 4.98 Å². The number of anilines is 1. The summed E-state index contributed by atoms with van der Waals surface area (Å²) in [5.41, 5.74) is 1.03. The molecule has 0 amide bonds. The molecule has 3 heterocycles. The normalized spacial score (nSPS) is 25.3. The Morgan fingerprint density at radius 1 is 1.22 bits per heavy atom. The average molecular weight is 241 g/mol. The van der Waals surface area contributed by atoms with Crippen molar-refractivity contribution in [3.63, 3.8) is 0 Å². The molecule has 0 radical (unpaired) electrons. The number of nitrogens with zero attached hydrogens (tertiary/aromatic N) is 4. The van der Waals surface area contributed by atoms with E-state index in [1.54, 1.807) is 12.4 Å². The first kappa shape index (κ1) is 10.1. The molecule has 0 saturated heterocycles. The van der Waals surface area contributed by atoms with Crippen LogP contribution >= 0.6 is 0 Å². The molecule has 18 heavy (non-hydrogen) atoms. The van der Waals surface area contributed by atoms with E-state index < -0.39 is 0 Å². The van der Waals surface area contributed by atoms with Gasteiger partial charge in [-0.1, -0.05) is 6.42 Å². The number of hydrogen-bond acceptors (Lipinski definition) is 4. The number of aromatic nitrogens is 4. The molecule has 5 heteroatoms.